The molecule has 0 aliphatic carbocycles. The van der Waals surface area contributed by atoms with Gasteiger partial charge in [-0.2, -0.15) is 0 Å². The summed E-state index contributed by atoms with van der Waals surface area (Å²) < 4.78 is 0.516. The Bertz CT molecular complexity index is 847. The topological polar surface area (TPSA) is 71.3 Å². The van der Waals surface area contributed by atoms with Crippen LogP contribution in [0.1, 0.15) is 37.0 Å². The first-order valence-corrected chi connectivity index (χ1v) is 8.02. The molecule has 0 fully saturated rings. The van der Waals surface area contributed by atoms with Crippen molar-refractivity contribution in [1.29, 1.82) is 0 Å². The van der Waals surface area contributed by atoms with E-state index in [9.17, 15) is 14.8 Å². The van der Waals surface area contributed by atoms with Gasteiger partial charge in [-0.05, 0) is 31.1 Å². The number of pyridine rings is 1. The minimum Gasteiger partial charge on any atom is -0.425 e. The molecule has 0 spiro atoms. The maximum atomic E-state index is 12.3. The number of hydrogen-bond acceptors (Lipinski definition) is 3. The van der Waals surface area contributed by atoms with E-state index < -0.39 is 11.5 Å². The van der Waals surface area contributed by atoms with Crippen molar-refractivity contribution in [3.05, 3.63) is 70.1 Å². The molecule has 2 rings (SSSR count). The van der Waals surface area contributed by atoms with Gasteiger partial charge in [0.25, 0.3) is 11.5 Å². The van der Waals surface area contributed by atoms with E-state index in [-0.39, 0.29) is 5.56 Å². The van der Waals surface area contributed by atoms with Crippen LogP contribution in [0.25, 0.3) is 10.9 Å². The van der Waals surface area contributed by atoms with Crippen LogP contribution in [-0.2, 0) is 0 Å². The molecule has 5 nitrogen and oxygen atoms in total. The van der Waals surface area contributed by atoms with Crippen molar-refractivity contribution in [2.75, 3.05) is 6.54 Å². The Morgan fingerprint density at radius 1 is 1.33 bits per heavy atom. The van der Waals surface area contributed by atoms with Crippen molar-refractivity contribution in [2.45, 2.75) is 26.7 Å². The predicted octanol–water partition coefficient (Wildman–Crippen LogP) is 3.27. The Balaban J connectivity index is 2.20. The molecule has 1 aromatic carbocycles. The Hall–Kier alpha value is -2.82. The summed E-state index contributed by atoms with van der Waals surface area (Å²) in [7, 11) is 0. The minimum atomic E-state index is -0.727. The van der Waals surface area contributed by atoms with E-state index in [2.05, 4.69) is 18.3 Å². The molecule has 0 bridgehead atoms. The molecule has 0 saturated heterocycles. The van der Waals surface area contributed by atoms with Gasteiger partial charge in [-0.25, -0.2) is 0 Å². The normalized spacial score (nSPS) is 12.0. The van der Waals surface area contributed by atoms with E-state index in [0.29, 0.717) is 22.2 Å². The summed E-state index contributed by atoms with van der Waals surface area (Å²) in [6.45, 7) is 4.32. The molecule has 0 aliphatic rings. The van der Waals surface area contributed by atoms with Gasteiger partial charge in [0.2, 0.25) is 0 Å². The highest BCUT2D eigenvalue weighted by Crippen LogP contribution is 2.12. The van der Waals surface area contributed by atoms with E-state index in [1.165, 1.54) is 6.07 Å². The molecule has 126 valence electrons. The molecule has 2 aromatic rings. The first-order chi connectivity index (χ1) is 11.6. The lowest BCUT2D eigenvalue weighted by Gasteiger charge is -2.08. The summed E-state index contributed by atoms with van der Waals surface area (Å²) in [5, 5.41) is 13.3. The number of carbonyl (C=O) groups excluding carboxylic acids is 1. The van der Waals surface area contributed by atoms with Gasteiger partial charge in [-0.15, -0.1) is 4.73 Å². The van der Waals surface area contributed by atoms with Crippen LogP contribution in [0, 0.1) is 0 Å². The highest BCUT2D eigenvalue weighted by atomic mass is 16.5. The van der Waals surface area contributed by atoms with Crippen LogP contribution < -0.4 is 10.9 Å². The number of para-hydroxylation sites is 1. The number of fused-ring (bicyclic) bond motifs is 1. The van der Waals surface area contributed by atoms with Crippen molar-refractivity contribution in [3.63, 3.8) is 0 Å². The lowest BCUT2D eigenvalue weighted by atomic mass is 10.1. The number of rotatable bonds is 6. The van der Waals surface area contributed by atoms with Crippen molar-refractivity contribution >= 4 is 16.8 Å². The number of hydrogen-bond donors (Lipinski definition) is 2. The summed E-state index contributed by atoms with van der Waals surface area (Å²) >= 11 is 0. The van der Waals surface area contributed by atoms with E-state index in [4.69, 9.17) is 0 Å². The highest BCUT2D eigenvalue weighted by molar-refractivity contribution is 5.97. The molecule has 2 N–H and O–H groups in total. The second kappa shape index (κ2) is 8.15. The molecular weight excluding hydrogens is 304 g/mol. The molecule has 1 amide bonds. The van der Waals surface area contributed by atoms with Gasteiger partial charge in [-0.3, -0.25) is 9.59 Å². The Morgan fingerprint density at radius 3 is 2.79 bits per heavy atom. The number of nitrogens with one attached hydrogen (secondary N) is 1. The van der Waals surface area contributed by atoms with Crippen LogP contribution in [0.3, 0.4) is 0 Å². The largest absolute Gasteiger partial charge is 0.425 e. The number of benzene rings is 1. The molecule has 24 heavy (non-hydrogen) atoms. The quantitative estimate of drug-likeness (QED) is 0.632. The van der Waals surface area contributed by atoms with Crippen LogP contribution in [-0.4, -0.2) is 22.4 Å². The fraction of sp³-hybridized carbons (Fsp3) is 0.263. The predicted molar refractivity (Wildman–Crippen MR) is 95.5 cm³/mol. The molecule has 0 saturated carbocycles. The highest BCUT2D eigenvalue weighted by Gasteiger charge is 2.15. The zero-order valence-electron chi connectivity index (χ0n) is 14.0. The average Bonchev–Trinajstić information content (AvgIpc) is 2.60. The first kappa shape index (κ1) is 17.5. The second-order valence-electron chi connectivity index (χ2n) is 5.47. The zero-order chi connectivity index (χ0) is 17.5. The van der Waals surface area contributed by atoms with E-state index in [0.717, 1.165) is 18.4 Å². The van der Waals surface area contributed by atoms with Gasteiger partial charge >= 0.3 is 0 Å². The maximum absolute atomic E-state index is 12.3. The molecule has 0 aliphatic heterocycles. The van der Waals surface area contributed by atoms with E-state index in [1.807, 2.05) is 19.1 Å². The lowest BCUT2D eigenvalue weighted by Crippen LogP contribution is -2.33. The third kappa shape index (κ3) is 3.93. The zero-order valence-corrected chi connectivity index (χ0v) is 14.0. The lowest BCUT2D eigenvalue weighted by molar-refractivity contribution is 0.0950. The SMILES string of the molecule is C/C=C(\C=C/CCC)CNC(=O)c1cc2ccccc2n(O)c1=O. The fourth-order valence-corrected chi connectivity index (χ4v) is 2.34. The van der Waals surface area contributed by atoms with E-state index >= 15 is 0 Å². The summed E-state index contributed by atoms with van der Waals surface area (Å²) in [5.41, 5.74) is 0.525. The number of carbonyl (C=O) groups is 1. The Kier molecular flexibility index (Phi) is 5.95. The number of amides is 1. The van der Waals surface area contributed by atoms with Crippen molar-refractivity contribution < 1.29 is 10.0 Å². The maximum Gasteiger partial charge on any atom is 0.296 e. The summed E-state index contributed by atoms with van der Waals surface area (Å²) in [5.74, 6) is -0.503. The number of allylic oxidation sites excluding steroid dienone is 2. The summed E-state index contributed by atoms with van der Waals surface area (Å²) in [6, 6.07) is 8.36. The van der Waals surface area contributed by atoms with Gasteiger partial charge in [0.05, 0.1) is 5.52 Å². The molecule has 1 heterocycles. The fourth-order valence-electron chi connectivity index (χ4n) is 2.34. The third-order valence-electron chi connectivity index (χ3n) is 3.74. The van der Waals surface area contributed by atoms with Crippen LogP contribution in [0.5, 0.6) is 0 Å². The first-order valence-electron chi connectivity index (χ1n) is 8.02. The van der Waals surface area contributed by atoms with Crippen LogP contribution >= 0.6 is 0 Å². The monoisotopic (exact) mass is 326 g/mol. The van der Waals surface area contributed by atoms with Crippen molar-refractivity contribution in [2.24, 2.45) is 0 Å². The molecule has 5 heteroatoms. The molecule has 0 radical (unpaired) electrons. The average molecular weight is 326 g/mol. The Labute approximate surface area is 140 Å². The second-order valence-corrected chi connectivity index (χ2v) is 5.47. The third-order valence-corrected chi connectivity index (χ3v) is 3.74. The van der Waals surface area contributed by atoms with Crippen LogP contribution in [0.15, 0.2) is 58.9 Å². The molecule has 1 aromatic heterocycles. The van der Waals surface area contributed by atoms with Gasteiger partial charge in [-0.1, -0.05) is 49.8 Å². The molecule has 0 unspecified atom stereocenters. The molecule has 0 atom stereocenters. The van der Waals surface area contributed by atoms with Crippen molar-refractivity contribution in [3.8, 4) is 0 Å². The Morgan fingerprint density at radius 2 is 2.08 bits per heavy atom. The smallest absolute Gasteiger partial charge is 0.296 e. The molecular formula is C19H22N2O3. The summed E-state index contributed by atoms with van der Waals surface area (Å²) in [6.07, 6.45) is 7.97. The number of unbranched alkanes of at least 4 members (excludes halogenated alkanes) is 1. The van der Waals surface area contributed by atoms with Crippen LogP contribution in [0.4, 0.5) is 0 Å². The number of aromatic nitrogens is 1. The standard InChI is InChI=1S/C19H22N2O3/c1-3-5-6-9-14(4-2)13-20-18(22)16-12-15-10-7-8-11-17(15)21(24)19(16)23/h4,6-12,24H,3,5,13H2,1-2H3,(H,20,22)/b9-6-,14-4+. The van der Waals surface area contributed by atoms with Crippen LogP contribution in [0.2, 0.25) is 0 Å². The van der Waals surface area contributed by atoms with Crippen molar-refractivity contribution in [1.82, 2.24) is 10.0 Å². The number of nitrogens with zero attached hydrogens (tertiary/aromatic N) is 1. The van der Waals surface area contributed by atoms with Gasteiger partial charge < -0.3 is 10.5 Å². The van der Waals surface area contributed by atoms with Gasteiger partial charge in [0.15, 0.2) is 0 Å². The van der Waals surface area contributed by atoms with Gasteiger partial charge in [0, 0.05) is 11.9 Å². The summed E-state index contributed by atoms with van der Waals surface area (Å²) in [4.78, 5) is 24.5. The minimum absolute atomic E-state index is 0.0795. The van der Waals surface area contributed by atoms with E-state index in [1.54, 1.807) is 24.3 Å². The van der Waals surface area contributed by atoms with Gasteiger partial charge in [0.1, 0.15) is 5.56 Å².